The average molecular weight is 432 g/mol. The van der Waals surface area contributed by atoms with Crippen LogP contribution in [0.5, 0.6) is 0 Å². The van der Waals surface area contributed by atoms with Crippen LogP contribution in [0, 0.1) is 25.1 Å². The Morgan fingerprint density at radius 1 is 1.16 bits per heavy atom. The maximum Gasteiger partial charge on any atom is 0.268 e. The molecule has 0 bridgehead atoms. The summed E-state index contributed by atoms with van der Waals surface area (Å²) in [5.41, 5.74) is 7.77. The van der Waals surface area contributed by atoms with E-state index in [1.54, 1.807) is 32.0 Å². The van der Waals surface area contributed by atoms with Crippen LogP contribution in [0.1, 0.15) is 24.2 Å². The molecule has 7 nitrogen and oxygen atoms in total. The van der Waals surface area contributed by atoms with E-state index in [0.717, 1.165) is 12.1 Å². The highest BCUT2D eigenvalue weighted by molar-refractivity contribution is 5.77. The quantitative estimate of drug-likeness (QED) is 0.458. The maximum atomic E-state index is 14.0. The lowest BCUT2D eigenvalue weighted by Gasteiger charge is -2.21. The molecule has 4 rings (SSSR count). The van der Waals surface area contributed by atoms with Gasteiger partial charge in [-0.05, 0) is 55.3 Å². The Kier molecular flexibility index (Phi) is 5.28. The van der Waals surface area contributed by atoms with Gasteiger partial charge < -0.3 is 11.1 Å². The lowest BCUT2D eigenvalue weighted by molar-refractivity contribution is 0.509. The molecule has 160 valence electrons. The molecule has 0 aliphatic heterocycles. The molecule has 1 aromatic carbocycles. The number of hydrogen-bond acceptors (Lipinski definition) is 5. The maximum absolute atomic E-state index is 14.0. The molecule has 1 atom stereocenters. The second-order valence-electron chi connectivity index (χ2n) is 7.27. The first-order chi connectivity index (χ1) is 15.3. The van der Waals surface area contributed by atoms with Crippen LogP contribution in [0.15, 0.2) is 53.6 Å². The molecule has 0 unspecified atom stereocenters. The van der Waals surface area contributed by atoms with Gasteiger partial charge in [-0.2, -0.15) is 0 Å². The van der Waals surface area contributed by atoms with Gasteiger partial charge in [-0.1, -0.05) is 12.1 Å². The van der Waals surface area contributed by atoms with Gasteiger partial charge in [0.2, 0.25) is 0 Å². The Labute approximate surface area is 182 Å². The minimum atomic E-state index is -1.05. The van der Waals surface area contributed by atoms with E-state index < -0.39 is 17.7 Å². The Morgan fingerprint density at radius 3 is 2.66 bits per heavy atom. The van der Waals surface area contributed by atoms with E-state index in [1.807, 2.05) is 6.07 Å². The number of nitrogens with one attached hydrogen (secondary N) is 1. The molecule has 0 saturated carbocycles. The first-order valence-corrected chi connectivity index (χ1v) is 9.67. The number of benzene rings is 1. The number of nitrogens with zero attached hydrogens (tertiary/aromatic N) is 4. The third-order valence-electron chi connectivity index (χ3n) is 5.21. The minimum absolute atomic E-state index is 0.0275. The smallest absolute Gasteiger partial charge is 0.268 e. The molecular formula is C23H18F2N6O. The van der Waals surface area contributed by atoms with E-state index in [0.29, 0.717) is 16.8 Å². The van der Waals surface area contributed by atoms with Gasteiger partial charge in [-0.25, -0.2) is 23.6 Å². The van der Waals surface area contributed by atoms with Gasteiger partial charge in [0, 0.05) is 17.3 Å². The van der Waals surface area contributed by atoms with Crippen LogP contribution in [-0.2, 0) is 0 Å². The number of fused-ring (bicyclic) bond motifs is 1. The third-order valence-corrected chi connectivity index (χ3v) is 5.21. The van der Waals surface area contributed by atoms with Gasteiger partial charge in [-0.3, -0.25) is 9.20 Å². The van der Waals surface area contributed by atoms with Gasteiger partial charge in [0.15, 0.2) is 11.6 Å². The summed E-state index contributed by atoms with van der Waals surface area (Å²) in [7, 11) is 0. The zero-order valence-corrected chi connectivity index (χ0v) is 17.2. The van der Waals surface area contributed by atoms with E-state index in [2.05, 4.69) is 20.1 Å². The van der Waals surface area contributed by atoms with E-state index in [9.17, 15) is 13.6 Å². The molecule has 3 aromatic heterocycles. The third kappa shape index (κ3) is 3.52. The Hall–Kier alpha value is -4.32. The van der Waals surface area contributed by atoms with Crippen LogP contribution in [0.25, 0.3) is 21.5 Å². The van der Waals surface area contributed by atoms with Crippen molar-refractivity contribution in [2.45, 2.75) is 19.9 Å². The molecule has 0 aliphatic carbocycles. The normalized spacial score (nSPS) is 11.8. The van der Waals surface area contributed by atoms with Crippen LogP contribution >= 0.6 is 0 Å². The fourth-order valence-electron chi connectivity index (χ4n) is 3.67. The van der Waals surface area contributed by atoms with Crippen molar-refractivity contribution in [3.63, 3.8) is 0 Å². The fraction of sp³-hybridized carbons (Fsp3) is 0.130. The second kappa shape index (κ2) is 8.07. The van der Waals surface area contributed by atoms with Crippen molar-refractivity contribution < 1.29 is 8.78 Å². The molecule has 32 heavy (non-hydrogen) atoms. The van der Waals surface area contributed by atoms with Crippen LogP contribution in [0.4, 0.5) is 26.1 Å². The molecule has 0 fully saturated rings. The van der Waals surface area contributed by atoms with Crippen molar-refractivity contribution in [2.24, 2.45) is 0 Å². The predicted octanol–water partition coefficient (Wildman–Crippen LogP) is 4.65. The number of halogens is 2. The van der Waals surface area contributed by atoms with Gasteiger partial charge in [0.1, 0.15) is 18.0 Å². The van der Waals surface area contributed by atoms with E-state index in [1.165, 1.54) is 16.8 Å². The molecule has 4 aromatic rings. The van der Waals surface area contributed by atoms with Crippen LogP contribution < -0.4 is 16.6 Å². The van der Waals surface area contributed by atoms with E-state index in [4.69, 9.17) is 12.3 Å². The van der Waals surface area contributed by atoms with Gasteiger partial charge in [-0.15, -0.1) is 0 Å². The van der Waals surface area contributed by atoms with Gasteiger partial charge in [0.05, 0.1) is 12.1 Å². The fourth-order valence-corrected chi connectivity index (χ4v) is 3.67. The van der Waals surface area contributed by atoms with E-state index in [-0.39, 0.29) is 34.0 Å². The summed E-state index contributed by atoms with van der Waals surface area (Å²) >= 11 is 0. The summed E-state index contributed by atoms with van der Waals surface area (Å²) in [6.45, 7) is 10.9. The molecule has 0 aliphatic rings. The summed E-state index contributed by atoms with van der Waals surface area (Å²) in [6.07, 6.45) is 1.23. The summed E-state index contributed by atoms with van der Waals surface area (Å²) in [4.78, 5) is 24.8. The van der Waals surface area contributed by atoms with Crippen LogP contribution in [0.3, 0.4) is 0 Å². The molecule has 0 saturated heterocycles. The number of aryl methyl sites for hydroxylation is 1. The summed E-state index contributed by atoms with van der Waals surface area (Å²) in [5.74, 6) is -1.82. The standard InChI is InChI=1S/C23H18F2N6O/c1-12-5-4-6-15-10-16(13(2)30-22-20(27-3)21(26)28-11-29-22)19(23(32)31(12)15)14-7-8-17(24)18(25)9-14/h4-11,13H,1-2H3,(H3,26,28,29,30)/t13-/m0/s1. The lowest BCUT2D eigenvalue weighted by Crippen LogP contribution is -2.22. The highest BCUT2D eigenvalue weighted by Crippen LogP contribution is 2.33. The minimum Gasteiger partial charge on any atom is -0.392 e. The number of aromatic nitrogens is 3. The Morgan fingerprint density at radius 2 is 1.94 bits per heavy atom. The topological polar surface area (TPSA) is 89.7 Å². The monoisotopic (exact) mass is 432 g/mol. The molecule has 0 radical (unpaired) electrons. The largest absolute Gasteiger partial charge is 0.392 e. The van der Waals surface area contributed by atoms with Gasteiger partial charge in [0.25, 0.3) is 11.2 Å². The number of nitrogen functional groups attached to an aromatic ring is 1. The van der Waals surface area contributed by atoms with Crippen molar-refractivity contribution in [3.8, 4) is 11.1 Å². The highest BCUT2D eigenvalue weighted by atomic mass is 19.2. The summed E-state index contributed by atoms with van der Waals surface area (Å²) in [5, 5.41) is 3.10. The molecule has 9 heteroatoms. The highest BCUT2D eigenvalue weighted by Gasteiger charge is 2.21. The zero-order chi connectivity index (χ0) is 23.0. The number of rotatable bonds is 4. The van der Waals surface area contributed by atoms with Crippen molar-refractivity contribution in [2.75, 3.05) is 11.1 Å². The summed E-state index contributed by atoms with van der Waals surface area (Å²) < 4.78 is 29.1. The predicted molar refractivity (Wildman–Crippen MR) is 119 cm³/mol. The van der Waals surface area contributed by atoms with Crippen LogP contribution in [0.2, 0.25) is 0 Å². The number of pyridine rings is 2. The molecule has 3 N–H and O–H groups in total. The van der Waals surface area contributed by atoms with Crippen molar-refractivity contribution in [1.29, 1.82) is 0 Å². The average Bonchev–Trinajstić information content (AvgIpc) is 2.76. The Balaban J connectivity index is 1.96. The van der Waals surface area contributed by atoms with Gasteiger partial charge >= 0.3 is 0 Å². The van der Waals surface area contributed by atoms with Crippen LogP contribution in [-0.4, -0.2) is 14.4 Å². The number of nitrogens with two attached hydrogens (primary N) is 1. The second-order valence-corrected chi connectivity index (χ2v) is 7.27. The number of hydrogen-bond donors (Lipinski definition) is 2. The molecule has 3 heterocycles. The Bertz CT molecular complexity index is 1460. The molecular weight excluding hydrogens is 414 g/mol. The van der Waals surface area contributed by atoms with E-state index >= 15 is 0 Å². The molecule has 0 spiro atoms. The number of anilines is 2. The first kappa shape index (κ1) is 20.9. The van der Waals surface area contributed by atoms with Crippen molar-refractivity contribution in [3.05, 3.63) is 93.5 Å². The van der Waals surface area contributed by atoms with Crippen molar-refractivity contribution >= 4 is 22.8 Å². The first-order valence-electron chi connectivity index (χ1n) is 9.67. The lowest BCUT2D eigenvalue weighted by atomic mass is 9.96. The van der Waals surface area contributed by atoms with Crippen molar-refractivity contribution in [1.82, 2.24) is 14.4 Å². The zero-order valence-electron chi connectivity index (χ0n) is 17.2. The SMILES string of the molecule is [C-]#[N+]c1c(N)ncnc1N[C@@H](C)c1cc2cccc(C)n2c(=O)c1-c1ccc(F)c(F)c1. The molecule has 0 amide bonds. The summed E-state index contributed by atoms with van der Waals surface area (Å²) in [6, 6.07) is 10.0.